The average molecular weight is 275 g/mol. The molecule has 2 aliphatic heterocycles. The summed E-state index contributed by atoms with van der Waals surface area (Å²) in [6.07, 6.45) is 3.10. The first-order valence-corrected chi connectivity index (χ1v) is 6.90. The third-order valence-electron chi connectivity index (χ3n) is 4.10. The van der Waals surface area contributed by atoms with E-state index < -0.39 is 5.97 Å². The zero-order valence-corrected chi connectivity index (χ0v) is 11.1. The third kappa shape index (κ3) is 2.29. The van der Waals surface area contributed by atoms with Gasteiger partial charge in [-0.05, 0) is 43.5 Å². The summed E-state index contributed by atoms with van der Waals surface area (Å²) in [5.41, 5.74) is 0.748. The van der Waals surface area contributed by atoms with E-state index in [1.807, 2.05) is 4.90 Å². The Morgan fingerprint density at radius 1 is 1.05 bits per heavy atom. The number of rotatable bonds is 2. The summed E-state index contributed by atoms with van der Waals surface area (Å²) in [7, 11) is 0. The molecule has 5 heteroatoms. The third-order valence-corrected chi connectivity index (χ3v) is 4.10. The number of aromatic carboxylic acids is 1. The lowest BCUT2D eigenvalue weighted by molar-refractivity contribution is -0.0565. The first kappa shape index (κ1) is 13.1. The van der Waals surface area contributed by atoms with Crippen molar-refractivity contribution in [2.45, 2.75) is 31.3 Å². The molecule has 2 fully saturated rings. The van der Waals surface area contributed by atoms with Crippen LogP contribution in [0.1, 0.15) is 40.0 Å². The van der Waals surface area contributed by atoms with E-state index in [4.69, 9.17) is 9.84 Å². The van der Waals surface area contributed by atoms with Gasteiger partial charge in [0.05, 0.1) is 30.9 Å². The number of carbonyl (C=O) groups is 2. The normalized spacial score (nSPS) is 25.3. The van der Waals surface area contributed by atoms with Crippen molar-refractivity contribution in [2.75, 3.05) is 13.2 Å². The number of hydrogen-bond acceptors (Lipinski definition) is 3. The van der Waals surface area contributed by atoms with Gasteiger partial charge in [0, 0.05) is 5.56 Å². The Bertz CT molecular complexity index is 503. The van der Waals surface area contributed by atoms with Crippen molar-refractivity contribution in [3.8, 4) is 0 Å². The highest BCUT2D eigenvalue weighted by Gasteiger charge is 2.37. The van der Waals surface area contributed by atoms with E-state index in [1.165, 1.54) is 12.1 Å². The fourth-order valence-electron chi connectivity index (χ4n) is 3.07. The van der Waals surface area contributed by atoms with Crippen LogP contribution in [0, 0.1) is 0 Å². The van der Waals surface area contributed by atoms with Gasteiger partial charge in [-0.1, -0.05) is 0 Å². The number of piperidine rings is 1. The molecule has 0 saturated carbocycles. The van der Waals surface area contributed by atoms with E-state index in [2.05, 4.69) is 0 Å². The van der Waals surface area contributed by atoms with Gasteiger partial charge in [-0.2, -0.15) is 0 Å². The van der Waals surface area contributed by atoms with Crippen LogP contribution >= 0.6 is 0 Å². The van der Waals surface area contributed by atoms with Crippen molar-refractivity contribution in [1.29, 1.82) is 0 Å². The summed E-state index contributed by atoms with van der Waals surface area (Å²) in [6, 6.07) is 6.47. The van der Waals surface area contributed by atoms with Gasteiger partial charge in [0.15, 0.2) is 0 Å². The molecule has 2 atom stereocenters. The van der Waals surface area contributed by atoms with Gasteiger partial charge in [0.2, 0.25) is 0 Å². The number of carboxylic acids is 1. The summed E-state index contributed by atoms with van der Waals surface area (Å²) in [5.74, 6) is -0.993. The Labute approximate surface area is 117 Å². The fraction of sp³-hybridized carbons (Fsp3) is 0.467. The summed E-state index contributed by atoms with van der Waals surface area (Å²) in [6.45, 7) is 1.21. The van der Waals surface area contributed by atoms with E-state index >= 15 is 0 Å². The van der Waals surface area contributed by atoms with Crippen LogP contribution in [-0.4, -0.2) is 47.2 Å². The molecule has 20 heavy (non-hydrogen) atoms. The van der Waals surface area contributed by atoms with Gasteiger partial charge < -0.3 is 14.7 Å². The van der Waals surface area contributed by atoms with Crippen molar-refractivity contribution in [3.05, 3.63) is 35.4 Å². The molecule has 2 aliphatic rings. The van der Waals surface area contributed by atoms with Crippen LogP contribution in [0.4, 0.5) is 0 Å². The van der Waals surface area contributed by atoms with Crippen LogP contribution in [0.25, 0.3) is 0 Å². The Kier molecular flexibility index (Phi) is 3.44. The molecule has 2 unspecified atom stereocenters. The smallest absolute Gasteiger partial charge is 0.335 e. The SMILES string of the molecule is O=C(O)c1ccc(C(=O)N2C3CCCC2COC3)cc1. The predicted octanol–water partition coefficient (Wildman–Crippen LogP) is 1.78. The molecule has 2 bridgehead atoms. The topological polar surface area (TPSA) is 66.8 Å². The number of carboxylic acid groups (broad SMARTS) is 1. The van der Waals surface area contributed by atoms with Crippen molar-refractivity contribution >= 4 is 11.9 Å². The van der Waals surface area contributed by atoms with Crippen LogP contribution in [-0.2, 0) is 4.74 Å². The Balaban J connectivity index is 1.82. The van der Waals surface area contributed by atoms with Gasteiger partial charge in [-0.25, -0.2) is 4.79 Å². The maximum Gasteiger partial charge on any atom is 0.335 e. The number of nitrogens with zero attached hydrogens (tertiary/aromatic N) is 1. The van der Waals surface area contributed by atoms with Crippen LogP contribution < -0.4 is 0 Å². The lowest BCUT2D eigenvalue weighted by Gasteiger charge is -2.45. The van der Waals surface area contributed by atoms with Crippen molar-refractivity contribution in [1.82, 2.24) is 4.90 Å². The number of carbonyl (C=O) groups excluding carboxylic acids is 1. The predicted molar refractivity (Wildman–Crippen MR) is 71.8 cm³/mol. The van der Waals surface area contributed by atoms with E-state index in [0.717, 1.165) is 19.3 Å². The highest BCUT2D eigenvalue weighted by Crippen LogP contribution is 2.29. The summed E-state index contributed by atoms with van der Waals surface area (Å²) in [4.78, 5) is 25.4. The first-order chi connectivity index (χ1) is 9.66. The van der Waals surface area contributed by atoms with Gasteiger partial charge in [-0.3, -0.25) is 4.79 Å². The zero-order chi connectivity index (χ0) is 14.1. The molecule has 106 valence electrons. The molecule has 3 rings (SSSR count). The van der Waals surface area contributed by atoms with E-state index in [-0.39, 0.29) is 23.6 Å². The lowest BCUT2D eigenvalue weighted by Crippen LogP contribution is -2.57. The number of fused-ring (bicyclic) bond motifs is 2. The molecule has 1 aromatic rings. The number of hydrogen-bond donors (Lipinski definition) is 1. The second kappa shape index (κ2) is 5.25. The Hall–Kier alpha value is -1.88. The van der Waals surface area contributed by atoms with Gasteiger partial charge in [0.25, 0.3) is 5.91 Å². The standard InChI is InChI=1S/C15H17NO4/c17-14(10-4-6-11(7-5-10)15(18)19)16-12-2-1-3-13(16)9-20-8-12/h4-7,12-13H,1-3,8-9H2,(H,18,19). The summed E-state index contributed by atoms with van der Waals surface area (Å²) < 4.78 is 5.53. The Morgan fingerprint density at radius 3 is 2.15 bits per heavy atom. The maximum absolute atomic E-state index is 12.6. The van der Waals surface area contributed by atoms with Crippen LogP contribution in [0.5, 0.6) is 0 Å². The first-order valence-electron chi connectivity index (χ1n) is 6.90. The van der Waals surface area contributed by atoms with Gasteiger partial charge >= 0.3 is 5.97 Å². The molecular weight excluding hydrogens is 258 g/mol. The molecule has 0 aromatic heterocycles. The molecule has 0 radical (unpaired) electrons. The number of benzene rings is 1. The van der Waals surface area contributed by atoms with Crippen LogP contribution in [0.2, 0.25) is 0 Å². The Morgan fingerprint density at radius 2 is 1.60 bits per heavy atom. The number of ether oxygens (including phenoxy) is 1. The maximum atomic E-state index is 12.6. The molecular formula is C15H17NO4. The second-order valence-corrected chi connectivity index (χ2v) is 5.37. The zero-order valence-electron chi connectivity index (χ0n) is 11.1. The minimum Gasteiger partial charge on any atom is -0.478 e. The molecule has 1 amide bonds. The van der Waals surface area contributed by atoms with Crippen molar-refractivity contribution < 1.29 is 19.4 Å². The minimum absolute atomic E-state index is 0.0139. The van der Waals surface area contributed by atoms with Crippen LogP contribution in [0.3, 0.4) is 0 Å². The summed E-state index contributed by atoms with van der Waals surface area (Å²) >= 11 is 0. The van der Waals surface area contributed by atoms with Crippen molar-refractivity contribution in [2.24, 2.45) is 0 Å². The van der Waals surface area contributed by atoms with E-state index in [9.17, 15) is 9.59 Å². The average Bonchev–Trinajstić information content (AvgIpc) is 2.45. The van der Waals surface area contributed by atoms with Gasteiger partial charge in [0.1, 0.15) is 0 Å². The van der Waals surface area contributed by atoms with Crippen LogP contribution in [0.15, 0.2) is 24.3 Å². The molecule has 1 N–H and O–H groups in total. The monoisotopic (exact) mass is 275 g/mol. The molecule has 5 nitrogen and oxygen atoms in total. The van der Waals surface area contributed by atoms with E-state index in [1.54, 1.807) is 12.1 Å². The minimum atomic E-state index is -0.979. The highest BCUT2D eigenvalue weighted by atomic mass is 16.5. The van der Waals surface area contributed by atoms with Crippen molar-refractivity contribution in [3.63, 3.8) is 0 Å². The number of morpholine rings is 1. The molecule has 0 aliphatic carbocycles. The van der Waals surface area contributed by atoms with Gasteiger partial charge in [-0.15, -0.1) is 0 Å². The largest absolute Gasteiger partial charge is 0.478 e. The lowest BCUT2D eigenvalue weighted by atomic mass is 9.93. The molecule has 1 aromatic carbocycles. The second-order valence-electron chi connectivity index (χ2n) is 5.37. The number of amides is 1. The molecule has 2 saturated heterocycles. The van der Waals surface area contributed by atoms with E-state index in [0.29, 0.717) is 18.8 Å². The molecule has 0 spiro atoms. The molecule has 2 heterocycles. The fourth-order valence-corrected chi connectivity index (χ4v) is 3.07. The highest BCUT2D eigenvalue weighted by molar-refractivity contribution is 5.96. The quantitative estimate of drug-likeness (QED) is 0.893. The summed E-state index contributed by atoms with van der Waals surface area (Å²) in [5, 5.41) is 8.88.